The summed E-state index contributed by atoms with van der Waals surface area (Å²) >= 11 is 8.99. The van der Waals surface area contributed by atoms with Gasteiger partial charge in [-0.05, 0) is 63.5 Å². The van der Waals surface area contributed by atoms with Crippen LogP contribution in [0.4, 0.5) is 0 Å². The van der Waals surface area contributed by atoms with Crippen LogP contribution in [0, 0.1) is 4.77 Å². The van der Waals surface area contributed by atoms with Crippen LogP contribution in [-0.2, 0) is 13.2 Å². The lowest BCUT2D eigenvalue weighted by atomic mass is 10.2. The second-order valence-corrected chi connectivity index (χ2v) is 7.88. The van der Waals surface area contributed by atoms with Crippen molar-refractivity contribution in [2.45, 2.75) is 13.2 Å². The molecule has 0 saturated heterocycles. The summed E-state index contributed by atoms with van der Waals surface area (Å²) in [5.41, 5.74) is 6.28. The van der Waals surface area contributed by atoms with Gasteiger partial charge in [0.05, 0.1) is 18.1 Å². The molecule has 0 fully saturated rings. The molecule has 9 heteroatoms. The van der Waals surface area contributed by atoms with Crippen LogP contribution < -0.4 is 14.9 Å². The van der Waals surface area contributed by atoms with Crippen molar-refractivity contribution in [3.05, 3.63) is 87.4 Å². The number of nitrogens with one attached hydrogen (secondary N) is 2. The molecule has 0 radical (unpaired) electrons. The Balaban J connectivity index is 1.52. The van der Waals surface area contributed by atoms with Crippen molar-refractivity contribution in [2.24, 2.45) is 0 Å². The van der Waals surface area contributed by atoms with Crippen molar-refractivity contribution in [2.75, 3.05) is 12.5 Å². The smallest absolute Gasteiger partial charge is 0.214 e. The van der Waals surface area contributed by atoms with Gasteiger partial charge in [0.1, 0.15) is 6.61 Å². The molecule has 0 atom stereocenters. The van der Waals surface area contributed by atoms with Crippen molar-refractivity contribution in [3.63, 3.8) is 0 Å². The largest absolute Gasteiger partial charge is 0.493 e. The second kappa shape index (κ2) is 9.76. The van der Waals surface area contributed by atoms with Crippen LogP contribution in [-0.4, -0.2) is 27.0 Å². The van der Waals surface area contributed by atoms with Crippen LogP contribution in [0.5, 0.6) is 11.5 Å². The van der Waals surface area contributed by atoms with Gasteiger partial charge in [-0.2, -0.15) is 5.10 Å². The molecule has 0 aliphatic carbocycles. The van der Waals surface area contributed by atoms with Crippen LogP contribution in [0.15, 0.2) is 71.5 Å². The highest BCUT2D eigenvalue weighted by atomic mass is 79.9. The first-order valence-corrected chi connectivity index (χ1v) is 10.7. The van der Waals surface area contributed by atoms with Crippen LogP contribution >= 0.6 is 28.1 Å². The van der Waals surface area contributed by atoms with Crippen LogP contribution in [0.1, 0.15) is 11.1 Å². The first-order chi connectivity index (χ1) is 15.2. The van der Waals surface area contributed by atoms with Crippen molar-refractivity contribution >= 4 is 28.1 Å². The fourth-order valence-electron chi connectivity index (χ4n) is 3.05. The van der Waals surface area contributed by atoms with Crippen LogP contribution in [0.3, 0.4) is 0 Å². The van der Waals surface area contributed by atoms with E-state index in [2.05, 4.69) is 36.5 Å². The standard InChI is InChI=1S/C22H20BrN5O2S/c1-29-19-12-16(11-18(23)20(19)30-14-15-5-3-2-4-6-15)13-25-28-21(26-27-22(28)31)17-7-9-24-10-8-17/h2-12,25H,13-14H2,1H3,(H,27,31). The molecule has 0 spiro atoms. The summed E-state index contributed by atoms with van der Waals surface area (Å²) < 4.78 is 14.6. The molecule has 2 aromatic heterocycles. The van der Waals surface area contributed by atoms with Gasteiger partial charge in [-0.25, -0.2) is 9.77 Å². The topological polar surface area (TPSA) is 77.0 Å². The predicted octanol–water partition coefficient (Wildman–Crippen LogP) is 5.10. The first-order valence-electron chi connectivity index (χ1n) is 9.50. The molecular formula is C22H20BrN5O2S. The van der Waals surface area contributed by atoms with E-state index in [1.807, 2.05) is 54.6 Å². The molecule has 0 aliphatic rings. The number of hydrogen-bond acceptors (Lipinski definition) is 6. The fourth-order valence-corrected chi connectivity index (χ4v) is 3.85. The van der Waals surface area contributed by atoms with Gasteiger partial charge >= 0.3 is 0 Å². The lowest BCUT2D eigenvalue weighted by Crippen LogP contribution is -2.16. The Morgan fingerprint density at radius 3 is 2.61 bits per heavy atom. The highest BCUT2D eigenvalue weighted by molar-refractivity contribution is 9.10. The van der Waals surface area contributed by atoms with E-state index in [4.69, 9.17) is 21.7 Å². The van der Waals surface area contributed by atoms with Gasteiger partial charge in [-0.1, -0.05) is 30.3 Å². The third-order valence-corrected chi connectivity index (χ3v) is 5.43. The van der Waals surface area contributed by atoms with E-state index in [1.54, 1.807) is 24.2 Å². The Kier molecular flexibility index (Phi) is 6.63. The normalized spacial score (nSPS) is 10.6. The average Bonchev–Trinajstić information content (AvgIpc) is 3.18. The quantitative estimate of drug-likeness (QED) is 0.330. The minimum atomic E-state index is 0.451. The van der Waals surface area contributed by atoms with Gasteiger partial charge in [0, 0.05) is 18.0 Å². The molecule has 0 saturated carbocycles. The zero-order valence-electron chi connectivity index (χ0n) is 16.7. The Morgan fingerprint density at radius 2 is 1.87 bits per heavy atom. The summed E-state index contributed by atoms with van der Waals surface area (Å²) in [6.07, 6.45) is 3.43. The van der Waals surface area contributed by atoms with Gasteiger partial charge in [0.2, 0.25) is 4.77 Å². The molecule has 0 unspecified atom stereocenters. The molecule has 0 aliphatic heterocycles. The Hall–Kier alpha value is -3.17. The minimum Gasteiger partial charge on any atom is -0.493 e. The Bertz CT molecular complexity index is 1210. The maximum Gasteiger partial charge on any atom is 0.214 e. The molecule has 0 bridgehead atoms. The van der Waals surface area contributed by atoms with Crippen LogP contribution in [0.2, 0.25) is 0 Å². The number of H-pyrrole nitrogens is 1. The zero-order chi connectivity index (χ0) is 21.6. The monoisotopic (exact) mass is 497 g/mol. The predicted molar refractivity (Wildman–Crippen MR) is 125 cm³/mol. The number of aromatic nitrogens is 4. The highest BCUT2D eigenvalue weighted by Crippen LogP contribution is 2.37. The number of benzene rings is 2. The van der Waals surface area contributed by atoms with Crippen molar-refractivity contribution in [1.29, 1.82) is 0 Å². The first kappa shape index (κ1) is 21.1. The van der Waals surface area contributed by atoms with Crippen molar-refractivity contribution in [3.8, 4) is 22.9 Å². The lowest BCUT2D eigenvalue weighted by Gasteiger charge is -2.16. The number of halogens is 1. The van der Waals surface area contributed by atoms with Gasteiger partial charge in [-0.3, -0.25) is 4.98 Å². The number of pyridine rings is 1. The van der Waals surface area contributed by atoms with Crippen molar-refractivity contribution < 1.29 is 9.47 Å². The van der Waals surface area contributed by atoms with Gasteiger partial charge in [0.25, 0.3) is 0 Å². The molecule has 2 aromatic carbocycles. The molecule has 2 N–H and O–H groups in total. The molecule has 4 rings (SSSR count). The number of rotatable bonds is 8. The molecule has 7 nitrogen and oxygen atoms in total. The average molecular weight is 498 g/mol. The van der Waals surface area contributed by atoms with Gasteiger partial charge < -0.3 is 14.9 Å². The number of aromatic amines is 1. The van der Waals surface area contributed by atoms with E-state index < -0.39 is 0 Å². The third-order valence-electron chi connectivity index (χ3n) is 4.57. The maximum atomic E-state index is 6.01. The number of nitrogens with zero attached hydrogens (tertiary/aromatic N) is 3. The molecule has 2 heterocycles. The number of hydrogen-bond donors (Lipinski definition) is 2. The summed E-state index contributed by atoms with van der Waals surface area (Å²) in [4.78, 5) is 4.05. The van der Waals surface area contributed by atoms with E-state index in [9.17, 15) is 0 Å². The van der Waals surface area contributed by atoms with Gasteiger partial charge in [-0.15, -0.1) is 0 Å². The van der Waals surface area contributed by atoms with Crippen LogP contribution in [0.25, 0.3) is 11.4 Å². The SMILES string of the molecule is COc1cc(CNn2c(-c3ccncc3)n[nH]c2=S)cc(Br)c1OCc1ccccc1. The Labute approximate surface area is 193 Å². The molecule has 31 heavy (non-hydrogen) atoms. The zero-order valence-corrected chi connectivity index (χ0v) is 19.1. The summed E-state index contributed by atoms with van der Waals surface area (Å²) in [5, 5.41) is 7.14. The summed E-state index contributed by atoms with van der Waals surface area (Å²) in [6, 6.07) is 17.7. The minimum absolute atomic E-state index is 0.451. The lowest BCUT2D eigenvalue weighted by molar-refractivity contribution is 0.282. The number of methoxy groups -OCH3 is 1. The summed E-state index contributed by atoms with van der Waals surface area (Å²) in [7, 11) is 1.63. The second-order valence-electron chi connectivity index (χ2n) is 6.64. The van der Waals surface area contributed by atoms with E-state index >= 15 is 0 Å². The maximum absolute atomic E-state index is 6.01. The molecule has 4 aromatic rings. The Morgan fingerprint density at radius 1 is 1.10 bits per heavy atom. The van der Waals surface area contributed by atoms with Gasteiger partial charge in [0.15, 0.2) is 17.3 Å². The van der Waals surface area contributed by atoms with E-state index in [0.717, 1.165) is 21.2 Å². The highest BCUT2D eigenvalue weighted by Gasteiger charge is 2.13. The number of ether oxygens (including phenoxy) is 2. The van der Waals surface area contributed by atoms with E-state index in [0.29, 0.717) is 35.2 Å². The fraction of sp³-hybridized carbons (Fsp3) is 0.136. The summed E-state index contributed by atoms with van der Waals surface area (Å²) in [5.74, 6) is 1.99. The molecular weight excluding hydrogens is 478 g/mol. The van der Waals surface area contributed by atoms with Crippen molar-refractivity contribution in [1.82, 2.24) is 19.9 Å². The summed E-state index contributed by atoms with van der Waals surface area (Å²) in [6.45, 7) is 0.951. The third kappa shape index (κ3) is 4.95. The molecule has 0 amide bonds. The van der Waals surface area contributed by atoms with E-state index in [1.165, 1.54) is 0 Å². The van der Waals surface area contributed by atoms with E-state index in [-0.39, 0.29) is 0 Å². The molecule has 158 valence electrons.